The largest absolute Gasteiger partial charge is 0.481 e. The predicted octanol–water partition coefficient (Wildman–Crippen LogP) is 3.21. The molecule has 0 radical (unpaired) electrons. The van der Waals surface area contributed by atoms with Crippen LogP contribution in [0.5, 0.6) is 0 Å². The Morgan fingerprint density at radius 3 is 2.26 bits per heavy atom. The summed E-state index contributed by atoms with van der Waals surface area (Å²) < 4.78 is 5.61. The molecule has 8 nitrogen and oxygen atoms in total. The molecule has 0 heterocycles. The van der Waals surface area contributed by atoms with Crippen LogP contribution < -0.4 is 10.6 Å². The lowest BCUT2D eigenvalue weighted by Gasteiger charge is -2.29. The average molecular weight is 480 g/mol. The number of nitrogens with one attached hydrogen (secondary N) is 2. The number of carbonyl (C=O) groups is 3. The van der Waals surface area contributed by atoms with Gasteiger partial charge in [0.25, 0.3) is 0 Å². The fourth-order valence-corrected chi connectivity index (χ4v) is 5.19. The molecule has 0 aromatic heterocycles. The van der Waals surface area contributed by atoms with Crippen LogP contribution in [0.3, 0.4) is 0 Å². The molecule has 2 aromatic rings. The molecule has 0 unspecified atom stereocenters. The summed E-state index contributed by atoms with van der Waals surface area (Å²) in [4.78, 5) is 38.9. The molecule has 4 rings (SSSR count). The molecule has 1 saturated carbocycles. The SMILES string of the molecule is CN(C)C[C@H](NC(=O)OCC1c2ccccc2-c2ccccc21)C(=O)N[C@H]1CCC[C@@H](C(=O)O)C1. The molecule has 8 heteroatoms. The molecule has 3 N–H and O–H groups in total. The van der Waals surface area contributed by atoms with E-state index in [1.54, 1.807) is 0 Å². The number of likely N-dealkylation sites (N-methyl/N-ethyl adjacent to an activating group) is 1. The van der Waals surface area contributed by atoms with Crippen LogP contribution in [0.1, 0.15) is 42.7 Å². The van der Waals surface area contributed by atoms with Crippen molar-refractivity contribution in [2.24, 2.45) is 5.92 Å². The molecule has 35 heavy (non-hydrogen) atoms. The van der Waals surface area contributed by atoms with Crippen LogP contribution in [0.25, 0.3) is 11.1 Å². The van der Waals surface area contributed by atoms with E-state index in [-0.39, 0.29) is 24.5 Å². The van der Waals surface area contributed by atoms with Crippen LogP contribution in [0.2, 0.25) is 0 Å². The first-order chi connectivity index (χ1) is 16.8. The number of carbonyl (C=O) groups excluding carboxylic acids is 2. The van der Waals surface area contributed by atoms with Gasteiger partial charge < -0.3 is 25.4 Å². The summed E-state index contributed by atoms with van der Waals surface area (Å²) in [5, 5.41) is 15.0. The van der Waals surface area contributed by atoms with Crippen molar-refractivity contribution in [3.05, 3.63) is 59.7 Å². The van der Waals surface area contributed by atoms with Crippen molar-refractivity contribution in [1.82, 2.24) is 15.5 Å². The van der Waals surface area contributed by atoms with Gasteiger partial charge in [-0.2, -0.15) is 0 Å². The molecule has 2 amide bonds. The fourth-order valence-electron chi connectivity index (χ4n) is 5.19. The third kappa shape index (κ3) is 5.82. The lowest BCUT2D eigenvalue weighted by Crippen LogP contribution is -2.54. The summed E-state index contributed by atoms with van der Waals surface area (Å²) in [6, 6.07) is 15.2. The molecular formula is C27H33N3O5. The highest BCUT2D eigenvalue weighted by Crippen LogP contribution is 2.44. The van der Waals surface area contributed by atoms with Crippen molar-refractivity contribution in [2.75, 3.05) is 27.2 Å². The number of hydrogen-bond donors (Lipinski definition) is 3. The smallest absolute Gasteiger partial charge is 0.407 e. The molecule has 0 aliphatic heterocycles. The number of nitrogens with zero attached hydrogens (tertiary/aromatic N) is 1. The van der Waals surface area contributed by atoms with Crippen LogP contribution in [0.4, 0.5) is 4.79 Å². The maximum Gasteiger partial charge on any atom is 0.407 e. The summed E-state index contributed by atoms with van der Waals surface area (Å²) >= 11 is 0. The van der Waals surface area contributed by atoms with Gasteiger partial charge in [-0.1, -0.05) is 55.0 Å². The van der Waals surface area contributed by atoms with E-state index in [0.29, 0.717) is 19.4 Å². The number of fused-ring (bicyclic) bond motifs is 3. The van der Waals surface area contributed by atoms with Gasteiger partial charge in [-0.05, 0) is 55.6 Å². The molecule has 186 valence electrons. The summed E-state index contributed by atoms with van der Waals surface area (Å²) in [6.45, 7) is 0.462. The number of hydrogen-bond acceptors (Lipinski definition) is 5. The lowest BCUT2D eigenvalue weighted by molar-refractivity contribution is -0.143. The molecule has 1 fully saturated rings. The van der Waals surface area contributed by atoms with Gasteiger partial charge in [-0.3, -0.25) is 9.59 Å². The Bertz CT molecular complexity index is 1040. The van der Waals surface area contributed by atoms with Gasteiger partial charge in [0.05, 0.1) is 5.92 Å². The molecule has 0 bridgehead atoms. The van der Waals surface area contributed by atoms with E-state index in [0.717, 1.165) is 35.1 Å². The third-order valence-corrected chi connectivity index (χ3v) is 6.87. The highest BCUT2D eigenvalue weighted by Gasteiger charge is 2.32. The Kier molecular flexibility index (Phi) is 7.70. The Morgan fingerprint density at radius 1 is 1.03 bits per heavy atom. The fraction of sp³-hybridized carbons (Fsp3) is 0.444. The van der Waals surface area contributed by atoms with Gasteiger partial charge in [-0.25, -0.2) is 4.79 Å². The van der Waals surface area contributed by atoms with Crippen LogP contribution in [-0.2, 0) is 14.3 Å². The van der Waals surface area contributed by atoms with Gasteiger partial charge in [0.1, 0.15) is 12.6 Å². The number of aliphatic carboxylic acids is 1. The summed E-state index contributed by atoms with van der Waals surface area (Å²) in [5.74, 6) is -1.67. The summed E-state index contributed by atoms with van der Waals surface area (Å²) in [6.07, 6.45) is 1.86. The van der Waals surface area contributed by atoms with E-state index in [1.807, 2.05) is 43.3 Å². The minimum atomic E-state index is -0.828. The molecule has 0 saturated heterocycles. The van der Waals surface area contributed by atoms with Crippen molar-refractivity contribution in [1.29, 1.82) is 0 Å². The molecule has 2 aliphatic carbocycles. The van der Waals surface area contributed by atoms with E-state index in [2.05, 4.69) is 34.9 Å². The topological polar surface area (TPSA) is 108 Å². The minimum absolute atomic E-state index is 0.0653. The van der Waals surface area contributed by atoms with E-state index in [1.165, 1.54) is 0 Å². The van der Waals surface area contributed by atoms with Crippen molar-refractivity contribution < 1.29 is 24.2 Å². The van der Waals surface area contributed by atoms with Crippen LogP contribution in [0, 0.1) is 5.92 Å². The Hall–Kier alpha value is -3.39. The standard InChI is InChI=1S/C27H33N3O5/c1-30(2)15-24(25(31)28-18-9-7-8-17(14-18)26(32)33)29-27(34)35-16-23-21-12-5-3-10-19(21)20-11-4-6-13-22(20)23/h3-6,10-13,17-18,23-24H,7-9,14-16H2,1-2H3,(H,28,31)(H,29,34)(H,32,33)/t17-,18+,24+/m1/s1. The molecular weight excluding hydrogens is 446 g/mol. The van der Waals surface area contributed by atoms with E-state index in [9.17, 15) is 19.5 Å². The summed E-state index contributed by atoms with van der Waals surface area (Å²) in [7, 11) is 3.64. The normalized spacial score (nSPS) is 20.0. The Labute approximate surface area is 205 Å². The second-order valence-electron chi connectivity index (χ2n) is 9.69. The van der Waals surface area contributed by atoms with Gasteiger partial charge in [0.2, 0.25) is 5.91 Å². The lowest BCUT2D eigenvalue weighted by atomic mass is 9.85. The van der Waals surface area contributed by atoms with Crippen molar-refractivity contribution in [3.63, 3.8) is 0 Å². The first-order valence-electron chi connectivity index (χ1n) is 12.1. The van der Waals surface area contributed by atoms with Crippen LogP contribution in [0.15, 0.2) is 48.5 Å². The summed E-state index contributed by atoms with van der Waals surface area (Å²) in [5.41, 5.74) is 4.53. The third-order valence-electron chi connectivity index (χ3n) is 6.87. The van der Waals surface area contributed by atoms with Gasteiger partial charge >= 0.3 is 12.1 Å². The number of ether oxygens (including phenoxy) is 1. The molecule has 0 spiro atoms. The number of carboxylic acids is 1. The first kappa shape index (κ1) is 24.7. The maximum absolute atomic E-state index is 13.0. The average Bonchev–Trinajstić information content (AvgIpc) is 3.16. The highest BCUT2D eigenvalue weighted by molar-refractivity contribution is 5.86. The second-order valence-corrected chi connectivity index (χ2v) is 9.69. The molecule has 3 atom stereocenters. The predicted molar refractivity (Wildman–Crippen MR) is 132 cm³/mol. The number of rotatable bonds is 8. The van der Waals surface area contributed by atoms with E-state index in [4.69, 9.17) is 4.74 Å². The van der Waals surface area contributed by atoms with Crippen molar-refractivity contribution in [2.45, 2.75) is 43.7 Å². The van der Waals surface area contributed by atoms with Crippen molar-refractivity contribution in [3.8, 4) is 11.1 Å². The quantitative estimate of drug-likeness (QED) is 0.537. The number of alkyl carbamates (subject to hydrolysis) is 1. The van der Waals surface area contributed by atoms with Crippen LogP contribution >= 0.6 is 0 Å². The Morgan fingerprint density at radius 2 is 1.66 bits per heavy atom. The minimum Gasteiger partial charge on any atom is -0.481 e. The van der Waals surface area contributed by atoms with Gasteiger partial charge in [0, 0.05) is 18.5 Å². The zero-order valence-corrected chi connectivity index (χ0v) is 20.2. The van der Waals surface area contributed by atoms with Crippen molar-refractivity contribution >= 4 is 18.0 Å². The highest BCUT2D eigenvalue weighted by atomic mass is 16.5. The Balaban J connectivity index is 1.38. The molecule has 2 aromatic carbocycles. The second kappa shape index (κ2) is 10.9. The van der Waals surface area contributed by atoms with E-state index < -0.39 is 24.0 Å². The number of carboxylic acid groups (broad SMARTS) is 1. The van der Waals surface area contributed by atoms with Crippen LogP contribution in [-0.4, -0.2) is 67.3 Å². The van der Waals surface area contributed by atoms with E-state index >= 15 is 0 Å². The monoisotopic (exact) mass is 479 g/mol. The molecule has 2 aliphatic rings. The van der Waals surface area contributed by atoms with Gasteiger partial charge in [-0.15, -0.1) is 0 Å². The number of amides is 2. The maximum atomic E-state index is 13.0. The zero-order chi connectivity index (χ0) is 24.9. The number of benzene rings is 2. The van der Waals surface area contributed by atoms with Gasteiger partial charge in [0.15, 0.2) is 0 Å². The first-order valence-corrected chi connectivity index (χ1v) is 12.1. The zero-order valence-electron chi connectivity index (χ0n) is 20.2.